The van der Waals surface area contributed by atoms with Gasteiger partial charge in [-0.25, -0.2) is 0 Å². The molecule has 1 unspecified atom stereocenters. The number of rotatable bonds is 3. The minimum absolute atomic E-state index is 0.0255. The van der Waals surface area contributed by atoms with Crippen LogP contribution in [0.1, 0.15) is 43.1 Å². The Bertz CT molecular complexity index is 617. The second kappa shape index (κ2) is 6.55. The maximum absolute atomic E-state index is 12.6. The van der Waals surface area contributed by atoms with Crippen LogP contribution >= 0.6 is 0 Å². The third kappa shape index (κ3) is 3.31. The Morgan fingerprint density at radius 1 is 1.38 bits per heavy atom. The molecule has 24 heavy (non-hydrogen) atoms. The Balaban J connectivity index is 1.63. The van der Waals surface area contributed by atoms with Gasteiger partial charge < -0.3 is 14.9 Å². The van der Waals surface area contributed by atoms with Gasteiger partial charge in [0, 0.05) is 45.8 Å². The lowest BCUT2D eigenvalue weighted by Crippen LogP contribution is -2.53. The van der Waals surface area contributed by atoms with Crippen molar-refractivity contribution in [3.05, 3.63) is 18.0 Å². The van der Waals surface area contributed by atoms with E-state index in [9.17, 15) is 14.7 Å². The van der Waals surface area contributed by atoms with E-state index >= 15 is 0 Å². The number of hydrogen-bond donors (Lipinski definition) is 1. The maximum atomic E-state index is 12.6. The third-order valence-corrected chi connectivity index (χ3v) is 5.38. The van der Waals surface area contributed by atoms with Crippen LogP contribution in [0, 0.1) is 5.41 Å². The van der Waals surface area contributed by atoms with Crippen molar-refractivity contribution in [1.82, 2.24) is 19.6 Å². The smallest absolute Gasteiger partial charge is 0.272 e. The lowest BCUT2D eigenvalue weighted by Gasteiger charge is -2.47. The number of carbonyl (C=O) groups excluding carboxylic acids is 2. The van der Waals surface area contributed by atoms with E-state index in [4.69, 9.17) is 0 Å². The van der Waals surface area contributed by atoms with Crippen molar-refractivity contribution in [3.63, 3.8) is 0 Å². The molecule has 0 aromatic carbocycles. The van der Waals surface area contributed by atoms with Gasteiger partial charge in [0.25, 0.3) is 5.91 Å². The summed E-state index contributed by atoms with van der Waals surface area (Å²) in [6.45, 7) is 4.23. The van der Waals surface area contributed by atoms with Gasteiger partial charge in [0.15, 0.2) is 0 Å². The van der Waals surface area contributed by atoms with E-state index < -0.39 is 6.10 Å². The fraction of sp³-hybridized carbons (Fsp3) is 0.706. The third-order valence-electron chi connectivity index (χ3n) is 5.38. The number of hydrogen-bond acceptors (Lipinski definition) is 4. The zero-order chi connectivity index (χ0) is 17.3. The molecule has 2 aliphatic heterocycles. The van der Waals surface area contributed by atoms with E-state index in [2.05, 4.69) is 5.10 Å². The Labute approximate surface area is 142 Å². The first kappa shape index (κ1) is 17.0. The average Bonchev–Trinajstić information content (AvgIpc) is 2.97. The molecule has 7 heteroatoms. The first-order valence-electron chi connectivity index (χ1n) is 8.63. The molecule has 3 rings (SSSR count). The van der Waals surface area contributed by atoms with Gasteiger partial charge in [0.05, 0.1) is 6.10 Å². The van der Waals surface area contributed by atoms with E-state index in [0.29, 0.717) is 38.3 Å². The fourth-order valence-electron chi connectivity index (χ4n) is 3.93. The van der Waals surface area contributed by atoms with Gasteiger partial charge in [-0.05, 0) is 37.7 Å². The summed E-state index contributed by atoms with van der Waals surface area (Å²) in [6.07, 6.45) is 4.37. The lowest BCUT2D eigenvalue weighted by atomic mass is 9.72. The van der Waals surface area contributed by atoms with Crippen LogP contribution in [-0.2, 0) is 11.8 Å². The summed E-state index contributed by atoms with van der Waals surface area (Å²) in [5.41, 5.74) is 0.701. The molecule has 1 spiro atoms. The summed E-state index contributed by atoms with van der Waals surface area (Å²) in [5, 5.41) is 13.7. The van der Waals surface area contributed by atoms with Crippen LogP contribution in [0.15, 0.2) is 12.3 Å². The van der Waals surface area contributed by atoms with E-state index in [1.807, 2.05) is 4.90 Å². The molecule has 0 bridgehead atoms. The number of piperidine rings is 2. The van der Waals surface area contributed by atoms with Crippen molar-refractivity contribution in [2.45, 2.75) is 38.7 Å². The highest BCUT2D eigenvalue weighted by atomic mass is 16.3. The zero-order valence-corrected chi connectivity index (χ0v) is 14.4. The number of amides is 2. The SMILES string of the molecule is CC(O)CN1CC2(CCC1=O)CCN(C(=O)c1ccnn1C)CC2. The van der Waals surface area contributed by atoms with Crippen LogP contribution in [0.2, 0.25) is 0 Å². The molecule has 132 valence electrons. The lowest BCUT2D eigenvalue weighted by molar-refractivity contribution is -0.140. The standard InChI is InChI=1S/C17H26N4O3/c1-13(22)11-21-12-17(5-3-15(21)23)6-9-20(10-7-17)16(24)14-4-8-18-19(14)2/h4,8,13,22H,3,5-7,9-12H2,1-2H3. The normalized spacial score (nSPS) is 22.0. The quantitative estimate of drug-likeness (QED) is 0.880. The molecule has 2 amide bonds. The van der Waals surface area contributed by atoms with Gasteiger partial charge in [-0.3, -0.25) is 14.3 Å². The summed E-state index contributed by atoms with van der Waals surface area (Å²) >= 11 is 0. The number of likely N-dealkylation sites (tertiary alicyclic amines) is 2. The molecule has 7 nitrogen and oxygen atoms in total. The average molecular weight is 334 g/mol. The second-order valence-electron chi connectivity index (χ2n) is 7.26. The van der Waals surface area contributed by atoms with Crippen LogP contribution in [0.4, 0.5) is 0 Å². The first-order valence-corrected chi connectivity index (χ1v) is 8.63. The largest absolute Gasteiger partial charge is 0.392 e. The zero-order valence-electron chi connectivity index (χ0n) is 14.4. The highest BCUT2D eigenvalue weighted by Crippen LogP contribution is 2.40. The van der Waals surface area contributed by atoms with Crippen molar-refractivity contribution < 1.29 is 14.7 Å². The molecule has 1 aromatic heterocycles. The molecule has 1 N–H and O–H groups in total. The maximum Gasteiger partial charge on any atom is 0.272 e. The number of carbonyl (C=O) groups is 2. The molecule has 2 aliphatic rings. The van der Waals surface area contributed by atoms with Gasteiger partial charge in [-0.15, -0.1) is 0 Å². The topological polar surface area (TPSA) is 78.7 Å². The number of aryl methyl sites for hydroxylation is 1. The highest BCUT2D eigenvalue weighted by Gasteiger charge is 2.42. The van der Waals surface area contributed by atoms with Crippen LogP contribution in [0.3, 0.4) is 0 Å². The highest BCUT2D eigenvalue weighted by molar-refractivity contribution is 5.92. The molecule has 2 fully saturated rings. The summed E-state index contributed by atoms with van der Waals surface area (Å²) in [7, 11) is 1.78. The van der Waals surface area contributed by atoms with Crippen molar-refractivity contribution in [1.29, 1.82) is 0 Å². The van der Waals surface area contributed by atoms with Crippen molar-refractivity contribution in [2.75, 3.05) is 26.2 Å². The first-order chi connectivity index (χ1) is 11.4. The number of nitrogens with zero attached hydrogens (tertiary/aromatic N) is 4. The molecule has 1 atom stereocenters. The molecule has 0 radical (unpaired) electrons. The molecular formula is C17H26N4O3. The number of β-amino-alcohol motifs (C(OH)–C–C–N with tert-alkyl or cyclic N) is 1. The predicted octanol–water partition coefficient (Wildman–Crippen LogP) is 0.646. The predicted molar refractivity (Wildman–Crippen MR) is 88.3 cm³/mol. The number of aliphatic hydroxyl groups excluding tert-OH is 1. The molecule has 3 heterocycles. The summed E-state index contributed by atoms with van der Waals surface area (Å²) in [5.74, 6) is 0.160. The van der Waals surface area contributed by atoms with Crippen LogP contribution in [0.5, 0.6) is 0 Å². The van der Waals surface area contributed by atoms with E-state index in [-0.39, 0.29) is 17.2 Å². The van der Waals surface area contributed by atoms with Crippen molar-refractivity contribution in [2.24, 2.45) is 12.5 Å². The molecular weight excluding hydrogens is 308 g/mol. The Morgan fingerprint density at radius 3 is 2.67 bits per heavy atom. The fourth-order valence-corrected chi connectivity index (χ4v) is 3.93. The Kier molecular flexibility index (Phi) is 4.62. The summed E-state index contributed by atoms with van der Waals surface area (Å²) in [6, 6.07) is 1.75. The Hall–Kier alpha value is -1.89. The van der Waals surface area contributed by atoms with Gasteiger partial charge in [-0.1, -0.05) is 0 Å². The van der Waals surface area contributed by atoms with Crippen molar-refractivity contribution in [3.8, 4) is 0 Å². The monoisotopic (exact) mass is 334 g/mol. The minimum atomic E-state index is -0.504. The number of aliphatic hydroxyl groups is 1. The van der Waals surface area contributed by atoms with Gasteiger partial charge in [0.1, 0.15) is 5.69 Å². The van der Waals surface area contributed by atoms with E-state index in [0.717, 1.165) is 19.3 Å². The molecule has 0 saturated carbocycles. The molecule has 2 saturated heterocycles. The molecule has 1 aromatic rings. The van der Waals surface area contributed by atoms with Gasteiger partial charge in [0.2, 0.25) is 5.91 Å². The van der Waals surface area contributed by atoms with E-state index in [1.165, 1.54) is 0 Å². The van der Waals surface area contributed by atoms with Crippen LogP contribution in [-0.4, -0.2) is 68.8 Å². The van der Waals surface area contributed by atoms with Crippen LogP contribution in [0.25, 0.3) is 0 Å². The summed E-state index contributed by atoms with van der Waals surface area (Å²) < 4.78 is 1.61. The van der Waals surface area contributed by atoms with E-state index in [1.54, 1.807) is 35.8 Å². The minimum Gasteiger partial charge on any atom is -0.392 e. The summed E-state index contributed by atoms with van der Waals surface area (Å²) in [4.78, 5) is 28.3. The van der Waals surface area contributed by atoms with Crippen molar-refractivity contribution >= 4 is 11.8 Å². The van der Waals surface area contributed by atoms with Gasteiger partial charge in [-0.2, -0.15) is 5.10 Å². The Morgan fingerprint density at radius 2 is 2.08 bits per heavy atom. The molecule has 0 aliphatic carbocycles. The van der Waals surface area contributed by atoms with Crippen LogP contribution < -0.4 is 0 Å². The second-order valence-corrected chi connectivity index (χ2v) is 7.26. The van der Waals surface area contributed by atoms with Gasteiger partial charge >= 0.3 is 0 Å². The number of aromatic nitrogens is 2.